The normalized spacial score (nSPS) is 12.4. The van der Waals surface area contributed by atoms with E-state index in [1.54, 1.807) is 30.5 Å². The number of pyridine rings is 1. The van der Waals surface area contributed by atoms with Gasteiger partial charge < -0.3 is 5.21 Å². The summed E-state index contributed by atoms with van der Waals surface area (Å²) in [5.74, 6) is 0. The number of aromatic nitrogens is 1. The summed E-state index contributed by atoms with van der Waals surface area (Å²) in [6, 6.07) is 10.2. The Hall–Kier alpha value is -2.21. The lowest BCUT2D eigenvalue weighted by Crippen LogP contribution is -2.06. The Morgan fingerprint density at radius 1 is 1.19 bits per heavy atom. The van der Waals surface area contributed by atoms with Crippen LogP contribution in [0.25, 0.3) is 0 Å². The smallest absolute Gasteiger partial charge is 0.175 e. The van der Waals surface area contributed by atoms with Gasteiger partial charge >= 0.3 is 0 Å². The van der Waals surface area contributed by atoms with E-state index in [4.69, 9.17) is 5.21 Å². The molecule has 1 aromatic heterocycles. The zero-order valence-corrected chi connectivity index (χ0v) is 12.6. The summed E-state index contributed by atoms with van der Waals surface area (Å²) >= 11 is 0. The Morgan fingerprint density at radius 3 is 2.33 bits per heavy atom. The van der Waals surface area contributed by atoms with Crippen LogP contribution in [0.4, 0.5) is 0 Å². The molecule has 110 valence electrons. The first-order valence-electron chi connectivity index (χ1n) is 6.33. The SMILES string of the molecule is Cc1ccc(C(Cc2ccc(S(C)(=O)=O)cc2)=NO)cn1. The van der Waals surface area contributed by atoms with Crippen molar-refractivity contribution in [2.75, 3.05) is 6.26 Å². The number of hydrogen-bond acceptors (Lipinski definition) is 5. The second-order valence-corrected chi connectivity index (χ2v) is 6.84. The van der Waals surface area contributed by atoms with Crippen molar-refractivity contribution in [2.24, 2.45) is 5.16 Å². The Morgan fingerprint density at radius 2 is 1.86 bits per heavy atom. The molecule has 0 unspecified atom stereocenters. The fourth-order valence-electron chi connectivity index (χ4n) is 1.88. The average molecular weight is 304 g/mol. The van der Waals surface area contributed by atoms with Gasteiger partial charge in [-0.2, -0.15) is 0 Å². The molecule has 0 atom stereocenters. The molecule has 1 N–H and O–H groups in total. The van der Waals surface area contributed by atoms with Crippen LogP contribution in [0.2, 0.25) is 0 Å². The minimum Gasteiger partial charge on any atom is -0.411 e. The maximum absolute atomic E-state index is 11.4. The largest absolute Gasteiger partial charge is 0.411 e. The zero-order valence-electron chi connectivity index (χ0n) is 11.8. The van der Waals surface area contributed by atoms with Gasteiger partial charge in [0.25, 0.3) is 0 Å². The molecule has 2 rings (SSSR count). The average Bonchev–Trinajstić information content (AvgIpc) is 2.45. The summed E-state index contributed by atoms with van der Waals surface area (Å²) in [7, 11) is -3.20. The number of aryl methyl sites for hydroxylation is 1. The van der Waals surface area contributed by atoms with E-state index >= 15 is 0 Å². The molecule has 0 bridgehead atoms. The van der Waals surface area contributed by atoms with Crippen LogP contribution in [0.5, 0.6) is 0 Å². The maximum Gasteiger partial charge on any atom is 0.175 e. The molecule has 0 aliphatic carbocycles. The second-order valence-electron chi connectivity index (χ2n) is 4.83. The van der Waals surface area contributed by atoms with E-state index in [2.05, 4.69) is 10.1 Å². The molecule has 2 aromatic rings. The molecule has 0 fully saturated rings. The van der Waals surface area contributed by atoms with Crippen LogP contribution in [0, 0.1) is 6.92 Å². The molecular formula is C15H16N2O3S. The minimum atomic E-state index is -3.20. The number of hydrogen-bond donors (Lipinski definition) is 1. The molecule has 6 heteroatoms. The van der Waals surface area contributed by atoms with E-state index in [0.717, 1.165) is 16.8 Å². The summed E-state index contributed by atoms with van der Waals surface area (Å²) in [4.78, 5) is 4.43. The van der Waals surface area contributed by atoms with Gasteiger partial charge in [-0.15, -0.1) is 0 Å². The molecule has 1 aromatic carbocycles. The molecule has 0 saturated carbocycles. The van der Waals surface area contributed by atoms with Crippen LogP contribution < -0.4 is 0 Å². The third-order valence-electron chi connectivity index (χ3n) is 3.09. The monoisotopic (exact) mass is 304 g/mol. The number of oxime groups is 1. The van der Waals surface area contributed by atoms with Gasteiger partial charge in [-0.05, 0) is 36.8 Å². The third kappa shape index (κ3) is 3.88. The molecule has 1 heterocycles. The number of rotatable bonds is 4. The van der Waals surface area contributed by atoms with E-state index in [-0.39, 0.29) is 4.90 Å². The van der Waals surface area contributed by atoms with Gasteiger partial charge in [0.15, 0.2) is 9.84 Å². The van der Waals surface area contributed by atoms with Crippen molar-refractivity contribution in [3.05, 3.63) is 59.4 Å². The van der Waals surface area contributed by atoms with Crippen LogP contribution >= 0.6 is 0 Å². The number of sulfone groups is 1. The van der Waals surface area contributed by atoms with Crippen LogP contribution in [0.1, 0.15) is 16.8 Å². The predicted molar refractivity (Wildman–Crippen MR) is 80.6 cm³/mol. The lowest BCUT2D eigenvalue weighted by molar-refractivity contribution is 0.318. The Balaban J connectivity index is 2.22. The first kappa shape index (κ1) is 15.2. The highest BCUT2D eigenvalue weighted by Crippen LogP contribution is 2.13. The topological polar surface area (TPSA) is 79.6 Å². The Kier molecular flexibility index (Phi) is 4.37. The molecule has 0 aliphatic rings. The molecule has 0 saturated heterocycles. The Labute approximate surface area is 123 Å². The van der Waals surface area contributed by atoms with Gasteiger partial charge in [-0.3, -0.25) is 4.98 Å². The fourth-order valence-corrected chi connectivity index (χ4v) is 2.51. The zero-order chi connectivity index (χ0) is 15.5. The molecule has 21 heavy (non-hydrogen) atoms. The van der Waals surface area contributed by atoms with Crippen LogP contribution in [0.15, 0.2) is 52.6 Å². The summed E-state index contributed by atoms with van der Waals surface area (Å²) in [5.41, 5.74) is 2.95. The third-order valence-corrected chi connectivity index (χ3v) is 4.22. The number of nitrogens with zero attached hydrogens (tertiary/aromatic N) is 2. The van der Waals surface area contributed by atoms with Crippen LogP contribution in [-0.2, 0) is 16.3 Å². The lowest BCUT2D eigenvalue weighted by Gasteiger charge is -2.06. The van der Waals surface area contributed by atoms with Gasteiger partial charge in [0.2, 0.25) is 0 Å². The van der Waals surface area contributed by atoms with Crippen molar-refractivity contribution >= 4 is 15.5 Å². The first-order valence-corrected chi connectivity index (χ1v) is 8.22. The van der Waals surface area contributed by atoms with Gasteiger partial charge in [0.1, 0.15) is 0 Å². The van der Waals surface area contributed by atoms with E-state index in [1.807, 2.05) is 19.1 Å². The van der Waals surface area contributed by atoms with Crippen molar-refractivity contribution in [1.82, 2.24) is 4.98 Å². The van der Waals surface area contributed by atoms with Crippen LogP contribution in [0.3, 0.4) is 0 Å². The molecule has 0 amide bonds. The van der Waals surface area contributed by atoms with Gasteiger partial charge in [0, 0.05) is 30.1 Å². The highest BCUT2D eigenvalue weighted by atomic mass is 32.2. The van der Waals surface area contributed by atoms with Crippen LogP contribution in [-0.4, -0.2) is 30.6 Å². The first-order chi connectivity index (χ1) is 9.90. The van der Waals surface area contributed by atoms with Gasteiger partial charge in [-0.1, -0.05) is 17.3 Å². The summed E-state index contributed by atoms with van der Waals surface area (Å²) in [5, 5.41) is 12.5. The quantitative estimate of drug-likeness (QED) is 0.533. The van der Waals surface area contributed by atoms with Gasteiger partial charge in [-0.25, -0.2) is 8.42 Å². The molecule has 0 spiro atoms. The molecule has 0 radical (unpaired) electrons. The van der Waals surface area contributed by atoms with Crippen molar-refractivity contribution in [3.63, 3.8) is 0 Å². The second kappa shape index (κ2) is 6.05. The Bertz CT molecular complexity index is 749. The predicted octanol–water partition coefficient (Wildman–Crippen LogP) is 2.21. The van der Waals surface area contributed by atoms with E-state index in [0.29, 0.717) is 12.1 Å². The van der Waals surface area contributed by atoms with E-state index in [1.165, 1.54) is 6.26 Å². The van der Waals surface area contributed by atoms with Crippen molar-refractivity contribution in [1.29, 1.82) is 0 Å². The fraction of sp³-hybridized carbons (Fsp3) is 0.200. The van der Waals surface area contributed by atoms with Gasteiger partial charge in [0.05, 0.1) is 10.6 Å². The lowest BCUT2D eigenvalue weighted by atomic mass is 10.0. The molecule has 5 nitrogen and oxygen atoms in total. The van der Waals surface area contributed by atoms with E-state index < -0.39 is 9.84 Å². The van der Waals surface area contributed by atoms with E-state index in [9.17, 15) is 8.42 Å². The maximum atomic E-state index is 11.4. The van der Waals surface area contributed by atoms with Crippen molar-refractivity contribution < 1.29 is 13.6 Å². The standard InChI is InChI=1S/C15H16N2O3S/c1-11-3-6-13(10-16-11)15(17-18)9-12-4-7-14(8-5-12)21(2,19)20/h3-8,10,18H,9H2,1-2H3. The highest BCUT2D eigenvalue weighted by Gasteiger charge is 2.09. The van der Waals surface area contributed by atoms with Crippen molar-refractivity contribution in [2.45, 2.75) is 18.2 Å². The summed E-state index contributed by atoms with van der Waals surface area (Å²) in [6.45, 7) is 1.88. The molecular weight excluding hydrogens is 288 g/mol. The minimum absolute atomic E-state index is 0.269. The van der Waals surface area contributed by atoms with Crippen molar-refractivity contribution in [3.8, 4) is 0 Å². The summed E-state index contributed by atoms with van der Waals surface area (Å²) in [6.07, 6.45) is 3.21. The summed E-state index contributed by atoms with van der Waals surface area (Å²) < 4.78 is 22.8. The highest BCUT2D eigenvalue weighted by molar-refractivity contribution is 7.90. The molecule has 0 aliphatic heterocycles. The number of benzene rings is 1.